The number of benzene rings is 2. The van der Waals surface area contributed by atoms with Gasteiger partial charge in [0.1, 0.15) is 0 Å². The van der Waals surface area contributed by atoms with Crippen molar-refractivity contribution in [3.8, 4) is 5.75 Å². The summed E-state index contributed by atoms with van der Waals surface area (Å²) in [7, 11) is 0. The smallest absolute Gasteiger partial charge is 0.268 e. The number of likely N-dealkylation sites (tertiary alicyclic amines) is 1. The van der Waals surface area contributed by atoms with E-state index in [9.17, 15) is 9.18 Å². The Labute approximate surface area is 148 Å². The summed E-state index contributed by atoms with van der Waals surface area (Å²) >= 11 is 3.21. The lowest BCUT2D eigenvalue weighted by molar-refractivity contribution is -0.138. The molecule has 0 aliphatic carbocycles. The summed E-state index contributed by atoms with van der Waals surface area (Å²) in [5, 5.41) is 0. The van der Waals surface area contributed by atoms with E-state index in [0.29, 0.717) is 23.1 Å². The second kappa shape index (κ2) is 7.32. The van der Waals surface area contributed by atoms with Crippen LogP contribution in [-0.4, -0.2) is 29.9 Å². The third kappa shape index (κ3) is 3.76. The van der Waals surface area contributed by atoms with Gasteiger partial charge in [0.15, 0.2) is 11.6 Å². The third-order valence-electron chi connectivity index (χ3n) is 4.00. The molecule has 1 saturated heterocycles. The van der Waals surface area contributed by atoms with Crippen molar-refractivity contribution < 1.29 is 13.9 Å². The lowest BCUT2D eigenvalue weighted by Crippen LogP contribution is -2.37. The fraction of sp³-hybridized carbons (Fsp3) is 0.278. The molecule has 0 bridgehead atoms. The lowest BCUT2D eigenvalue weighted by atomic mass is 10.1. The van der Waals surface area contributed by atoms with Crippen LogP contribution in [0.5, 0.6) is 5.75 Å². The van der Waals surface area contributed by atoms with E-state index in [1.807, 2.05) is 18.2 Å². The maximum atomic E-state index is 14.1. The van der Waals surface area contributed by atoms with Gasteiger partial charge in [-0.25, -0.2) is 4.39 Å². The highest BCUT2D eigenvalue weighted by molar-refractivity contribution is 9.10. The van der Waals surface area contributed by atoms with E-state index < -0.39 is 11.9 Å². The molecule has 1 amide bonds. The molecule has 1 aliphatic heterocycles. The van der Waals surface area contributed by atoms with Crippen molar-refractivity contribution in [3.05, 3.63) is 64.4 Å². The molecular formula is C18H18BrFN2O2. The van der Waals surface area contributed by atoms with Gasteiger partial charge < -0.3 is 15.4 Å². The van der Waals surface area contributed by atoms with Gasteiger partial charge in [-0.05, 0) is 24.6 Å². The molecule has 2 aromatic carbocycles. The van der Waals surface area contributed by atoms with Crippen LogP contribution < -0.4 is 10.5 Å². The molecule has 0 saturated carbocycles. The molecule has 6 heteroatoms. The number of nitrogens with zero attached hydrogens (tertiary/aromatic N) is 1. The number of carbonyl (C=O) groups excluding carboxylic acids is 1. The second-order valence-electron chi connectivity index (χ2n) is 5.82. The van der Waals surface area contributed by atoms with Gasteiger partial charge in [-0.15, -0.1) is 0 Å². The fourth-order valence-electron chi connectivity index (χ4n) is 2.74. The maximum absolute atomic E-state index is 14.1. The Morgan fingerprint density at radius 1 is 1.29 bits per heavy atom. The van der Waals surface area contributed by atoms with Crippen molar-refractivity contribution in [1.29, 1.82) is 0 Å². The summed E-state index contributed by atoms with van der Waals surface area (Å²) in [6, 6.07) is 13.6. The van der Waals surface area contributed by atoms with Crippen LogP contribution in [0.4, 0.5) is 4.39 Å². The Bertz CT molecular complexity index is 726. The first kappa shape index (κ1) is 16.9. The Kier molecular flexibility index (Phi) is 5.16. The van der Waals surface area contributed by atoms with Gasteiger partial charge in [-0.1, -0.05) is 46.3 Å². The quantitative estimate of drug-likeness (QED) is 0.868. The zero-order valence-corrected chi connectivity index (χ0v) is 14.6. The minimum atomic E-state index is -0.896. The molecule has 2 atom stereocenters. The van der Waals surface area contributed by atoms with Crippen LogP contribution in [0.1, 0.15) is 18.1 Å². The Hall–Kier alpha value is -1.92. The van der Waals surface area contributed by atoms with E-state index in [4.69, 9.17) is 10.5 Å². The molecule has 1 fully saturated rings. The number of amides is 1. The van der Waals surface area contributed by atoms with Crippen LogP contribution in [0, 0.1) is 5.82 Å². The highest BCUT2D eigenvalue weighted by Gasteiger charge is 2.32. The van der Waals surface area contributed by atoms with Crippen molar-refractivity contribution >= 4 is 21.8 Å². The summed E-state index contributed by atoms with van der Waals surface area (Å²) in [5.41, 5.74) is 6.58. The Balaban J connectivity index is 1.89. The Morgan fingerprint density at radius 3 is 2.67 bits per heavy atom. The van der Waals surface area contributed by atoms with Crippen molar-refractivity contribution in [1.82, 2.24) is 4.90 Å². The first-order valence-electron chi connectivity index (χ1n) is 7.75. The molecule has 24 heavy (non-hydrogen) atoms. The number of hydrogen-bond acceptors (Lipinski definition) is 3. The molecule has 1 aliphatic rings. The van der Waals surface area contributed by atoms with Crippen LogP contribution in [0.15, 0.2) is 53.0 Å². The van der Waals surface area contributed by atoms with Crippen molar-refractivity contribution in [2.24, 2.45) is 5.73 Å². The number of ether oxygens (including phenoxy) is 1. The van der Waals surface area contributed by atoms with Crippen molar-refractivity contribution in [3.63, 3.8) is 0 Å². The topological polar surface area (TPSA) is 55.6 Å². The number of rotatable bonds is 4. The summed E-state index contributed by atoms with van der Waals surface area (Å²) in [6.45, 7) is 1.09. The van der Waals surface area contributed by atoms with Gasteiger partial charge in [0.05, 0.1) is 0 Å². The molecule has 4 nitrogen and oxygen atoms in total. The summed E-state index contributed by atoms with van der Waals surface area (Å²) in [6.07, 6.45) is -0.132. The zero-order chi connectivity index (χ0) is 17.1. The highest BCUT2D eigenvalue weighted by Crippen LogP contribution is 2.29. The van der Waals surface area contributed by atoms with Crippen LogP contribution in [0.2, 0.25) is 0 Å². The molecule has 2 aromatic rings. The first-order valence-corrected chi connectivity index (χ1v) is 8.55. The molecule has 0 aromatic heterocycles. The van der Waals surface area contributed by atoms with Crippen molar-refractivity contribution in [2.75, 3.05) is 13.1 Å². The second-order valence-corrected chi connectivity index (χ2v) is 6.73. The minimum absolute atomic E-state index is 0.0187. The van der Waals surface area contributed by atoms with E-state index in [2.05, 4.69) is 15.9 Å². The number of nitrogens with two attached hydrogens (primary N) is 1. The molecule has 2 N–H and O–H groups in total. The fourth-order valence-corrected chi connectivity index (χ4v) is 3.07. The molecule has 126 valence electrons. The number of carbonyl (C=O) groups is 1. The average Bonchev–Trinajstić information content (AvgIpc) is 3.01. The molecule has 1 unspecified atom stereocenters. The predicted molar refractivity (Wildman–Crippen MR) is 93.1 cm³/mol. The van der Waals surface area contributed by atoms with E-state index in [1.54, 1.807) is 23.1 Å². The van der Waals surface area contributed by atoms with Gasteiger partial charge in [0.2, 0.25) is 6.10 Å². The molecule has 1 heterocycles. The zero-order valence-electron chi connectivity index (χ0n) is 13.0. The van der Waals surface area contributed by atoms with Gasteiger partial charge in [0.25, 0.3) is 5.91 Å². The molecular weight excluding hydrogens is 375 g/mol. The number of hydrogen-bond donors (Lipinski definition) is 1. The standard InChI is InChI=1S/C18H18BrFN2O2/c19-13-6-7-16(15(20)10-13)24-17(12-4-2-1-3-5-12)18(23)22-9-8-14(21)11-22/h1-7,10,14,17H,8-9,11,21H2/t14-,17?/m1/s1. The van der Waals surface area contributed by atoms with Crippen LogP contribution in [0.25, 0.3) is 0 Å². The van der Waals surface area contributed by atoms with Gasteiger partial charge >= 0.3 is 0 Å². The summed E-state index contributed by atoms with van der Waals surface area (Å²) in [5.74, 6) is -0.670. The monoisotopic (exact) mass is 392 g/mol. The van der Waals surface area contributed by atoms with Gasteiger partial charge in [-0.3, -0.25) is 4.79 Å². The van der Waals surface area contributed by atoms with E-state index >= 15 is 0 Å². The van der Waals surface area contributed by atoms with E-state index in [-0.39, 0.29) is 17.7 Å². The Morgan fingerprint density at radius 2 is 2.04 bits per heavy atom. The molecule has 0 spiro atoms. The largest absolute Gasteiger partial charge is 0.473 e. The maximum Gasteiger partial charge on any atom is 0.268 e. The average molecular weight is 393 g/mol. The third-order valence-corrected chi connectivity index (χ3v) is 4.49. The number of halogens is 2. The molecule has 0 radical (unpaired) electrons. The van der Waals surface area contributed by atoms with E-state index in [0.717, 1.165) is 6.42 Å². The summed E-state index contributed by atoms with van der Waals surface area (Å²) < 4.78 is 20.5. The van der Waals surface area contributed by atoms with Crippen LogP contribution >= 0.6 is 15.9 Å². The minimum Gasteiger partial charge on any atom is -0.473 e. The highest BCUT2D eigenvalue weighted by atomic mass is 79.9. The first-order chi connectivity index (χ1) is 11.5. The predicted octanol–water partition coefficient (Wildman–Crippen LogP) is 3.27. The van der Waals surface area contributed by atoms with E-state index in [1.165, 1.54) is 12.1 Å². The van der Waals surface area contributed by atoms with Gasteiger partial charge in [-0.2, -0.15) is 0 Å². The van der Waals surface area contributed by atoms with Crippen LogP contribution in [-0.2, 0) is 4.79 Å². The summed E-state index contributed by atoms with van der Waals surface area (Å²) in [4.78, 5) is 14.6. The van der Waals surface area contributed by atoms with Gasteiger partial charge in [0, 0.05) is 29.2 Å². The lowest BCUT2D eigenvalue weighted by Gasteiger charge is -2.24. The molecule has 3 rings (SSSR count). The SMILES string of the molecule is N[C@@H]1CCN(C(=O)C(Oc2ccc(Br)cc2F)c2ccccc2)C1. The normalized spacial score (nSPS) is 18.5. The van der Waals surface area contributed by atoms with Crippen LogP contribution in [0.3, 0.4) is 0 Å². The van der Waals surface area contributed by atoms with Crippen molar-refractivity contribution in [2.45, 2.75) is 18.6 Å².